The molecule has 2 aromatic rings. The third-order valence-corrected chi connectivity index (χ3v) is 4.51. The summed E-state index contributed by atoms with van der Waals surface area (Å²) in [5.74, 6) is -1.09. The summed E-state index contributed by atoms with van der Waals surface area (Å²) in [6, 6.07) is 11.6. The van der Waals surface area contributed by atoms with E-state index in [0.717, 1.165) is 0 Å². The van der Waals surface area contributed by atoms with Gasteiger partial charge in [-0.3, -0.25) is 19.3 Å². The summed E-state index contributed by atoms with van der Waals surface area (Å²) in [6.07, 6.45) is 0.564. The van der Waals surface area contributed by atoms with Crippen LogP contribution in [-0.2, 0) is 4.74 Å². The highest BCUT2D eigenvalue weighted by Crippen LogP contribution is 2.25. The van der Waals surface area contributed by atoms with Crippen molar-refractivity contribution in [3.8, 4) is 0 Å². The Kier molecular flexibility index (Phi) is 5.39. The average molecular weight is 370 g/mol. The van der Waals surface area contributed by atoms with Crippen LogP contribution in [0.3, 0.4) is 0 Å². The number of carbonyl (C=O) groups is 3. The highest BCUT2D eigenvalue weighted by Gasteiger charge is 2.35. The predicted octanol–water partition coefficient (Wildman–Crippen LogP) is 2.86. The van der Waals surface area contributed by atoms with Crippen LogP contribution in [0.25, 0.3) is 0 Å². The normalized spacial score (nSPS) is 13.1. The lowest BCUT2D eigenvalue weighted by Gasteiger charge is -2.12. The van der Waals surface area contributed by atoms with Crippen LogP contribution in [0.2, 0.25) is 0 Å². The van der Waals surface area contributed by atoms with E-state index in [0.29, 0.717) is 34.7 Å². The minimum Gasteiger partial charge on any atom is -0.385 e. The summed E-state index contributed by atoms with van der Waals surface area (Å²) in [5, 5.41) is 2.76. The van der Waals surface area contributed by atoms with Gasteiger partial charge in [-0.2, -0.15) is 0 Å². The average Bonchev–Trinajstić information content (AvgIpc) is 2.88. The van der Waals surface area contributed by atoms with E-state index >= 15 is 0 Å². The van der Waals surface area contributed by atoms with Gasteiger partial charge in [0.1, 0.15) is 0 Å². The zero-order valence-corrected chi connectivity index (χ0v) is 15.1. The number of anilines is 1. The molecule has 0 saturated heterocycles. The number of para-hydroxylation sites is 1. The van der Waals surface area contributed by atoms with Crippen LogP contribution < -0.4 is 5.32 Å². The number of nitrogens with zero attached hydrogens (tertiary/aromatic N) is 1. The fraction of sp³-hybridized carbons (Fsp3) is 0.211. The van der Waals surface area contributed by atoms with Gasteiger partial charge in [-0.25, -0.2) is 0 Å². The molecule has 0 spiro atoms. The SMILES string of the molecule is COCCCN1C(=O)c2ccc(C(=O)Nc3ccccc3S)cc2C1=O. The molecule has 2 aromatic carbocycles. The third-order valence-electron chi connectivity index (χ3n) is 4.12. The Labute approximate surface area is 156 Å². The molecule has 0 atom stereocenters. The lowest BCUT2D eigenvalue weighted by atomic mass is 10.1. The van der Waals surface area contributed by atoms with E-state index < -0.39 is 0 Å². The van der Waals surface area contributed by atoms with E-state index in [1.807, 2.05) is 6.07 Å². The third kappa shape index (κ3) is 3.49. The number of ether oxygens (including phenoxy) is 1. The van der Waals surface area contributed by atoms with Gasteiger partial charge in [0.15, 0.2) is 0 Å². The Morgan fingerprint density at radius 1 is 1.12 bits per heavy atom. The number of rotatable bonds is 6. The van der Waals surface area contributed by atoms with Crippen molar-refractivity contribution >= 4 is 36.0 Å². The number of amides is 3. The van der Waals surface area contributed by atoms with Crippen LogP contribution >= 0.6 is 12.6 Å². The smallest absolute Gasteiger partial charge is 0.261 e. The van der Waals surface area contributed by atoms with E-state index in [1.54, 1.807) is 31.4 Å². The fourth-order valence-electron chi connectivity index (χ4n) is 2.78. The molecule has 1 aliphatic heterocycles. The van der Waals surface area contributed by atoms with E-state index in [4.69, 9.17) is 4.74 Å². The molecule has 0 aliphatic carbocycles. The lowest BCUT2D eigenvalue weighted by Crippen LogP contribution is -2.31. The van der Waals surface area contributed by atoms with Crippen LogP contribution in [0.1, 0.15) is 37.5 Å². The Morgan fingerprint density at radius 3 is 2.58 bits per heavy atom. The molecule has 6 nitrogen and oxygen atoms in total. The summed E-state index contributed by atoms with van der Waals surface area (Å²) in [5.41, 5.74) is 1.45. The van der Waals surface area contributed by atoms with Crippen molar-refractivity contribution in [2.45, 2.75) is 11.3 Å². The quantitative estimate of drug-likeness (QED) is 0.466. The lowest BCUT2D eigenvalue weighted by molar-refractivity contribution is 0.0638. The molecule has 7 heteroatoms. The molecule has 0 saturated carbocycles. The molecule has 3 amide bonds. The van der Waals surface area contributed by atoms with Gasteiger partial charge in [0.2, 0.25) is 0 Å². The number of imide groups is 1. The zero-order valence-electron chi connectivity index (χ0n) is 14.2. The molecular formula is C19H18N2O4S. The standard InChI is InChI=1S/C19H18N2O4S/c1-25-10-4-9-21-18(23)13-8-7-12(11-14(13)19(21)24)17(22)20-15-5-2-3-6-16(15)26/h2-3,5-8,11,26H,4,9-10H2,1H3,(H,20,22). The summed E-state index contributed by atoms with van der Waals surface area (Å²) in [6.45, 7) is 0.749. The topological polar surface area (TPSA) is 75.7 Å². The van der Waals surface area contributed by atoms with Crippen molar-refractivity contribution in [3.05, 3.63) is 59.2 Å². The van der Waals surface area contributed by atoms with Gasteiger partial charge in [0.25, 0.3) is 17.7 Å². The van der Waals surface area contributed by atoms with Crippen LogP contribution in [0, 0.1) is 0 Å². The van der Waals surface area contributed by atoms with E-state index in [9.17, 15) is 14.4 Å². The monoisotopic (exact) mass is 370 g/mol. The van der Waals surface area contributed by atoms with E-state index in [1.165, 1.54) is 17.0 Å². The summed E-state index contributed by atoms with van der Waals surface area (Å²) >= 11 is 4.30. The Balaban J connectivity index is 1.80. The van der Waals surface area contributed by atoms with Crippen molar-refractivity contribution in [2.75, 3.05) is 25.6 Å². The highest BCUT2D eigenvalue weighted by atomic mass is 32.1. The van der Waals surface area contributed by atoms with Crippen molar-refractivity contribution in [1.82, 2.24) is 4.90 Å². The van der Waals surface area contributed by atoms with Gasteiger partial charge in [0.05, 0.1) is 16.8 Å². The molecule has 0 aromatic heterocycles. The Morgan fingerprint density at radius 2 is 1.85 bits per heavy atom. The van der Waals surface area contributed by atoms with Gasteiger partial charge < -0.3 is 10.1 Å². The first-order chi connectivity index (χ1) is 12.5. The molecule has 0 radical (unpaired) electrons. The van der Waals surface area contributed by atoms with Crippen LogP contribution in [0.5, 0.6) is 0 Å². The van der Waals surface area contributed by atoms with Gasteiger partial charge in [0, 0.05) is 30.7 Å². The number of thiol groups is 1. The molecule has 3 rings (SSSR count). The van der Waals surface area contributed by atoms with Crippen LogP contribution in [-0.4, -0.2) is 42.9 Å². The highest BCUT2D eigenvalue weighted by molar-refractivity contribution is 7.80. The maximum absolute atomic E-state index is 12.5. The van der Waals surface area contributed by atoms with Gasteiger partial charge >= 0.3 is 0 Å². The molecule has 1 heterocycles. The number of fused-ring (bicyclic) bond motifs is 1. The second-order valence-electron chi connectivity index (χ2n) is 5.84. The molecule has 0 bridgehead atoms. The molecule has 134 valence electrons. The largest absolute Gasteiger partial charge is 0.385 e. The number of hydrogen-bond acceptors (Lipinski definition) is 5. The second kappa shape index (κ2) is 7.72. The van der Waals surface area contributed by atoms with Gasteiger partial charge in [-0.05, 0) is 36.8 Å². The fourth-order valence-corrected chi connectivity index (χ4v) is 2.99. The first-order valence-corrected chi connectivity index (χ1v) is 8.56. The molecule has 0 unspecified atom stereocenters. The minimum absolute atomic E-state index is 0.249. The maximum atomic E-state index is 12.5. The molecule has 1 N–H and O–H groups in total. The summed E-state index contributed by atoms with van der Waals surface area (Å²) < 4.78 is 4.96. The number of benzene rings is 2. The Hall–Kier alpha value is -2.64. The second-order valence-corrected chi connectivity index (χ2v) is 6.32. The first kappa shape index (κ1) is 18.2. The van der Waals surface area contributed by atoms with Crippen molar-refractivity contribution in [3.63, 3.8) is 0 Å². The number of methoxy groups -OCH3 is 1. The molecule has 26 heavy (non-hydrogen) atoms. The number of hydrogen-bond donors (Lipinski definition) is 2. The first-order valence-electron chi connectivity index (χ1n) is 8.11. The number of nitrogens with one attached hydrogen (secondary N) is 1. The Bertz CT molecular complexity index is 882. The van der Waals surface area contributed by atoms with Gasteiger partial charge in [-0.15, -0.1) is 12.6 Å². The number of carbonyl (C=O) groups excluding carboxylic acids is 3. The predicted molar refractivity (Wildman–Crippen MR) is 99.9 cm³/mol. The van der Waals surface area contributed by atoms with Crippen molar-refractivity contribution < 1.29 is 19.1 Å². The van der Waals surface area contributed by atoms with E-state index in [-0.39, 0.29) is 29.8 Å². The maximum Gasteiger partial charge on any atom is 0.261 e. The summed E-state index contributed by atoms with van der Waals surface area (Å²) in [7, 11) is 1.57. The van der Waals surface area contributed by atoms with Gasteiger partial charge in [-0.1, -0.05) is 12.1 Å². The van der Waals surface area contributed by atoms with E-state index in [2.05, 4.69) is 17.9 Å². The molecule has 0 fully saturated rings. The minimum atomic E-state index is -0.384. The summed E-state index contributed by atoms with van der Waals surface area (Å²) in [4.78, 5) is 39.2. The van der Waals surface area contributed by atoms with Crippen molar-refractivity contribution in [1.29, 1.82) is 0 Å². The van der Waals surface area contributed by atoms with Crippen LogP contribution in [0.15, 0.2) is 47.4 Å². The molecule has 1 aliphatic rings. The van der Waals surface area contributed by atoms with Crippen molar-refractivity contribution in [2.24, 2.45) is 0 Å². The molecular weight excluding hydrogens is 352 g/mol. The van der Waals surface area contributed by atoms with Crippen LogP contribution in [0.4, 0.5) is 5.69 Å². The zero-order chi connectivity index (χ0) is 18.7.